The monoisotopic (exact) mass is 461 g/mol. The van der Waals surface area contributed by atoms with Gasteiger partial charge in [0.05, 0.1) is 12.6 Å². The van der Waals surface area contributed by atoms with Gasteiger partial charge in [-0.2, -0.15) is 0 Å². The smallest absolute Gasteiger partial charge is 0.194 e. The lowest BCUT2D eigenvalue weighted by Crippen LogP contribution is -2.38. The maximum absolute atomic E-state index is 6.01. The lowest BCUT2D eigenvalue weighted by molar-refractivity contribution is 0.525. The third-order valence-corrected chi connectivity index (χ3v) is 4.24. The number of hydrogen-bond donors (Lipinski definition) is 1. The highest BCUT2D eigenvalue weighted by Crippen LogP contribution is 2.25. The van der Waals surface area contributed by atoms with E-state index < -0.39 is 0 Å². The molecule has 0 spiro atoms. The van der Waals surface area contributed by atoms with Gasteiger partial charge in [0.25, 0.3) is 0 Å². The third-order valence-electron chi connectivity index (χ3n) is 3.74. The van der Waals surface area contributed by atoms with Crippen LogP contribution in [0, 0.1) is 0 Å². The minimum Gasteiger partial charge on any atom is -0.345 e. The van der Waals surface area contributed by atoms with Gasteiger partial charge in [-0.15, -0.1) is 24.0 Å². The van der Waals surface area contributed by atoms with E-state index in [0.717, 1.165) is 40.2 Å². The highest BCUT2D eigenvalue weighted by molar-refractivity contribution is 14.0. The maximum atomic E-state index is 6.01. The molecule has 0 aliphatic carbocycles. The summed E-state index contributed by atoms with van der Waals surface area (Å²) in [6.45, 7) is 1.77. The van der Waals surface area contributed by atoms with E-state index in [4.69, 9.17) is 23.2 Å². The number of benzene rings is 2. The molecule has 2 aromatic rings. The van der Waals surface area contributed by atoms with Crippen molar-refractivity contribution >= 4 is 53.1 Å². The largest absolute Gasteiger partial charge is 0.345 e. The average Bonchev–Trinajstić information content (AvgIpc) is 2.92. The lowest BCUT2D eigenvalue weighted by Gasteiger charge is -2.24. The van der Waals surface area contributed by atoms with E-state index >= 15 is 0 Å². The Bertz CT molecular complexity index is 626. The van der Waals surface area contributed by atoms with Crippen molar-refractivity contribution in [1.29, 1.82) is 0 Å². The first-order valence-corrected chi connectivity index (χ1v) is 7.92. The molecule has 23 heavy (non-hydrogen) atoms. The number of rotatable bonds is 3. The number of nitrogens with one attached hydrogen (secondary N) is 1. The Labute approximate surface area is 163 Å². The van der Waals surface area contributed by atoms with Crippen molar-refractivity contribution in [3.05, 3.63) is 69.7 Å². The van der Waals surface area contributed by atoms with Crippen molar-refractivity contribution in [2.24, 2.45) is 4.99 Å². The molecule has 0 fully saturated rings. The van der Waals surface area contributed by atoms with Crippen LogP contribution >= 0.6 is 47.2 Å². The Hall–Kier alpha value is -0.980. The van der Waals surface area contributed by atoms with Crippen LogP contribution in [0.1, 0.15) is 17.2 Å². The van der Waals surface area contributed by atoms with Crippen LogP contribution in [0.2, 0.25) is 10.0 Å². The molecule has 0 amide bonds. The Balaban J connectivity index is 0.00000192. The average molecular weight is 462 g/mol. The normalized spacial score (nSPS) is 13.7. The lowest BCUT2D eigenvalue weighted by atomic mass is 9.99. The fourth-order valence-electron chi connectivity index (χ4n) is 2.49. The zero-order chi connectivity index (χ0) is 15.5. The standard InChI is InChI=1S/C17H17Cl2N3.HI/c1-22-11-10-20-17(22)21-16(12-2-6-14(18)7-3-12)13-4-8-15(19)9-5-13;/h2-9,16H,10-11H2,1H3,(H,20,21);1H. The van der Waals surface area contributed by atoms with E-state index in [9.17, 15) is 0 Å². The summed E-state index contributed by atoms with van der Waals surface area (Å²) in [6, 6.07) is 15.8. The quantitative estimate of drug-likeness (QED) is 0.677. The Kier molecular flexibility index (Phi) is 6.56. The summed E-state index contributed by atoms with van der Waals surface area (Å²) < 4.78 is 0. The van der Waals surface area contributed by atoms with Crippen molar-refractivity contribution in [3.8, 4) is 0 Å². The number of hydrogen-bond acceptors (Lipinski definition) is 3. The predicted octanol–water partition coefficient (Wildman–Crippen LogP) is 4.59. The van der Waals surface area contributed by atoms with Gasteiger partial charge < -0.3 is 10.2 Å². The van der Waals surface area contributed by atoms with Gasteiger partial charge in [0.1, 0.15) is 0 Å². The fourth-order valence-corrected chi connectivity index (χ4v) is 2.74. The molecule has 2 aromatic carbocycles. The molecule has 1 N–H and O–H groups in total. The van der Waals surface area contributed by atoms with Gasteiger partial charge >= 0.3 is 0 Å². The molecule has 0 unspecified atom stereocenters. The van der Waals surface area contributed by atoms with Crippen molar-refractivity contribution in [2.45, 2.75) is 6.04 Å². The summed E-state index contributed by atoms with van der Waals surface area (Å²) in [4.78, 5) is 6.65. The van der Waals surface area contributed by atoms with Crippen LogP contribution in [0.15, 0.2) is 53.5 Å². The highest BCUT2D eigenvalue weighted by Gasteiger charge is 2.20. The first-order valence-electron chi connectivity index (χ1n) is 7.16. The molecule has 0 aromatic heterocycles. The van der Waals surface area contributed by atoms with Crippen molar-refractivity contribution in [3.63, 3.8) is 0 Å². The SMILES string of the molecule is CN1CCN=C1NC(c1ccc(Cl)cc1)c1ccc(Cl)cc1.I. The maximum Gasteiger partial charge on any atom is 0.194 e. The van der Waals surface area contributed by atoms with E-state index in [1.807, 2.05) is 55.6 Å². The van der Waals surface area contributed by atoms with E-state index in [2.05, 4.69) is 15.2 Å². The highest BCUT2D eigenvalue weighted by atomic mass is 127. The number of halogens is 3. The molecule has 0 bridgehead atoms. The van der Waals surface area contributed by atoms with Crippen LogP contribution in [0.3, 0.4) is 0 Å². The molecule has 0 saturated carbocycles. The Morgan fingerprint density at radius 1 is 0.957 bits per heavy atom. The van der Waals surface area contributed by atoms with E-state index in [1.54, 1.807) is 0 Å². The minimum absolute atomic E-state index is 0. The molecule has 0 saturated heterocycles. The van der Waals surface area contributed by atoms with Gasteiger partial charge in [-0.25, -0.2) is 0 Å². The second-order valence-corrected chi connectivity index (χ2v) is 6.18. The van der Waals surface area contributed by atoms with Crippen molar-refractivity contribution in [2.75, 3.05) is 20.1 Å². The molecule has 122 valence electrons. The van der Waals surface area contributed by atoms with Crippen molar-refractivity contribution in [1.82, 2.24) is 10.2 Å². The van der Waals surface area contributed by atoms with E-state index in [1.165, 1.54) is 0 Å². The molecule has 6 heteroatoms. The van der Waals surface area contributed by atoms with Gasteiger partial charge in [-0.1, -0.05) is 47.5 Å². The predicted molar refractivity (Wildman–Crippen MR) is 108 cm³/mol. The summed E-state index contributed by atoms with van der Waals surface area (Å²) in [5.41, 5.74) is 2.27. The topological polar surface area (TPSA) is 27.6 Å². The molecule has 1 aliphatic rings. The van der Waals surface area contributed by atoms with Crippen LogP contribution in [-0.4, -0.2) is 31.0 Å². The molecular formula is C17H18Cl2IN3. The van der Waals surface area contributed by atoms with E-state index in [0.29, 0.717) is 0 Å². The molecule has 1 aliphatic heterocycles. The zero-order valence-corrected chi connectivity index (χ0v) is 16.5. The number of likely N-dealkylation sites (N-methyl/N-ethyl adjacent to an activating group) is 1. The van der Waals surface area contributed by atoms with Crippen LogP contribution in [0.5, 0.6) is 0 Å². The summed E-state index contributed by atoms with van der Waals surface area (Å²) in [6.07, 6.45) is 0. The second kappa shape index (κ2) is 8.22. The van der Waals surface area contributed by atoms with Crippen LogP contribution in [0.25, 0.3) is 0 Å². The van der Waals surface area contributed by atoms with Crippen LogP contribution < -0.4 is 5.32 Å². The summed E-state index contributed by atoms with van der Waals surface area (Å²) >= 11 is 12.0. The third kappa shape index (κ3) is 4.52. The Morgan fingerprint density at radius 3 is 1.83 bits per heavy atom. The molecule has 0 atom stereocenters. The minimum atomic E-state index is 0. The fraction of sp³-hybridized carbons (Fsp3) is 0.235. The van der Waals surface area contributed by atoms with Gasteiger partial charge in [-0.05, 0) is 35.4 Å². The summed E-state index contributed by atoms with van der Waals surface area (Å²) in [5.74, 6) is 0.912. The van der Waals surface area contributed by atoms with E-state index in [-0.39, 0.29) is 30.0 Å². The molecule has 1 heterocycles. The van der Waals surface area contributed by atoms with Crippen LogP contribution in [-0.2, 0) is 0 Å². The zero-order valence-electron chi connectivity index (χ0n) is 12.7. The van der Waals surface area contributed by atoms with Gasteiger partial charge in [-0.3, -0.25) is 4.99 Å². The first-order chi connectivity index (χ1) is 10.6. The Morgan fingerprint density at radius 2 is 1.43 bits per heavy atom. The van der Waals surface area contributed by atoms with Crippen molar-refractivity contribution < 1.29 is 0 Å². The van der Waals surface area contributed by atoms with Gasteiger partial charge in [0.2, 0.25) is 0 Å². The molecular weight excluding hydrogens is 444 g/mol. The summed E-state index contributed by atoms with van der Waals surface area (Å²) in [7, 11) is 2.04. The summed E-state index contributed by atoms with van der Waals surface area (Å²) in [5, 5.41) is 4.99. The molecule has 0 radical (unpaired) electrons. The molecule has 3 rings (SSSR count). The number of aliphatic imine (C=N–C) groups is 1. The number of guanidine groups is 1. The first kappa shape index (κ1) is 18.4. The van der Waals surface area contributed by atoms with Gasteiger partial charge in [0.15, 0.2) is 5.96 Å². The molecule has 3 nitrogen and oxygen atoms in total. The van der Waals surface area contributed by atoms with Gasteiger partial charge in [0, 0.05) is 23.6 Å². The second-order valence-electron chi connectivity index (χ2n) is 5.31. The van der Waals surface area contributed by atoms with Crippen LogP contribution in [0.4, 0.5) is 0 Å². The number of nitrogens with zero attached hydrogens (tertiary/aromatic N) is 2.